The van der Waals surface area contributed by atoms with Crippen LogP contribution in [-0.2, 0) is 0 Å². The predicted octanol–water partition coefficient (Wildman–Crippen LogP) is 4.45. The van der Waals surface area contributed by atoms with Gasteiger partial charge in [0.15, 0.2) is 5.78 Å². The van der Waals surface area contributed by atoms with Crippen molar-refractivity contribution in [3.63, 3.8) is 0 Å². The Kier molecular flexibility index (Phi) is 4.50. The van der Waals surface area contributed by atoms with Gasteiger partial charge in [0.05, 0.1) is 4.92 Å². The Hall–Kier alpha value is -2.46. The molecule has 0 aromatic heterocycles. The number of nitrogens with zero attached hydrogens (tertiary/aromatic N) is 1. The van der Waals surface area contributed by atoms with Crippen molar-refractivity contribution in [2.75, 3.05) is 0 Å². The Morgan fingerprint density at radius 1 is 1.19 bits per heavy atom. The van der Waals surface area contributed by atoms with E-state index >= 15 is 0 Å². The summed E-state index contributed by atoms with van der Waals surface area (Å²) in [6.45, 7) is 1.94. The first-order valence-corrected chi connectivity index (χ1v) is 6.58. The number of carbonyl (C=O) groups excluding carboxylic acids is 1. The molecule has 2 aromatic rings. The summed E-state index contributed by atoms with van der Waals surface area (Å²) in [7, 11) is 0. The zero-order chi connectivity index (χ0) is 15.4. The van der Waals surface area contributed by atoms with Crippen LogP contribution in [0.25, 0.3) is 6.08 Å². The van der Waals surface area contributed by atoms with Crippen LogP contribution in [0.15, 0.2) is 48.5 Å². The van der Waals surface area contributed by atoms with Crippen molar-refractivity contribution in [3.8, 4) is 0 Å². The van der Waals surface area contributed by atoms with Crippen molar-refractivity contribution in [2.45, 2.75) is 6.92 Å². The van der Waals surface area contributed by atoms with Crippen LogP contribution in [0, 0.1) is 17.0 Å². The first kappa shape index (κ1) is 14.9. The van der Waals surface area contributed by atoms with E-state index in [1.54, 1.807) is 18.2 Å². The fraction of sp³-hybridized carbons (Fsp3) is 0.0625. The molecular formula is C16H12ClNO3. The minimum atomic E-state index is -0.554. The molecule has 0 aliphatic carbocycles. The molecule has 2 rings (SSSR count). The molecular weight excluding hydrogens is 290 g/mol. The first-order valence-electron chi connectivity index (χ1n) is 6.20. The number of allylic oxidation sites excluding steroid dienone is 1. The second-order valence-electron chi connectivity index (χ2n) is 4.53. The van der Waals surface area contributed by atoms with Crippen molar-refractivity contribution in [3.05, 3.63) is 80.4 Å². The molecule has 0 saturated carbocycles. The zero-order valence-electron chi connectivity index (χ0n) is 11.2. The minimum Gasteiger partial charge on any atom is -0.289 e. The molecule has 0 unspecified atom stereocenters. The van der Waals surface area contributed by atoms with E-state index in [2.05, 4.69) is 0 Å². The number of aryl methyl sites for hydroxylation is 1. The summed E-state index contributed by atoms with van der Waals surface area (Å²) >= 11 is 5.73. The van der Waals surface area contributed by atoms with E-state index in [0.717, 1.165) is 5.56 Å². The largest absolute Gasteiger partial charge is 0.289 e. The molecule has 0 amide bonds. The molecule has 5 heteroatoms. The van der Waals surface area contributed by atoms with Crippen molar-refractivity contribution >= 4 is 29.1 Å². The molecule has 106 valence electrons. The highest BCUT2D eigenvalue weighted by molar-refractivity contribution is 6.32. The monoisotopic (exact) mass is 301 g/mol. The number of nitro benzene ring substituents is 1. The number of halogens is 1. The highest BCUT2D eigenvalue weighted by Crippen LogP contribution is 2.25. The Balaban J connectivity index is 2.21. The van der Waals surface area contributed by atoms with Gasteiger partial charge in [-0.3, -0.25) is 14.9 Å². The highest BCUT2D eigenvalue weighted by Gasteiger charge is 2.11. The summed E-state index contributed by atoms with van der Waals surface area (Å²) in [5.74, 6) is -0.160. The SMILES string of the molecule is Cc1ccc(C(=O)C=Cc2ccc(Cl)c([N+](=O)[O-])c2)cc1. The Morgan fingerprint density at radius 3 is 2.48 bits per heavy atom. The standard InChI is InChI=1S/C16H12ClNO3/c1-11-2-6-13(7-3-11)16(19)9-5-12-4-8-14(17)15(10-12)18(20)21/h2-10H,1H3. The lowest BCUT2D eigenvalue weighted by Crippen LogP contribution is -1.94. The number of hydrogen-bond donors (Lipinski definition) is 0. The van der Waals surface area contributed by atoms with Gasteiger partial charge in [-0.1, -0.05) is 53.6 Å². The normalized spacial score (nSPS) is 10.8. The van der Waals surface area contributed by atoms with Gasteiger partial charge in [0.1, 0.15) is 5.02 Å². The molecule has 0 N–H and O–H groups in total. The van der Waals surface area contributed by atoms with E-state index in [1.807, 2.05) is 19.1 Å². The number of carbonyl (C=O) groups is 1. The average Bonchev–Trinajstić information content (AvgIpc) is 2.46. The van der Waals surface area contributed by atoms with Gasteiger partial charge < -0.3 is 0 Å². The maximum Gasteiger partial charge on any atom is 0.288 e. The molecule has 2 aromatic carbocycles. The third-order valence-corrected chi connectivity index (χ3v) is 3.25. The smallest absolute Gasteiger partial charge is 0.288 e. The molecule has 0 fully saturated rings. The summed E-state index contributed by atoms with van der Waals surface area (Å²) in [6.07, 6.45) is 2.92. The van der Waals surface area contributed by atoms with Crippen LogP contribution in [0.1, 0.15) is 21.5 Å². The predicted molar refractivity (Wildman–Crippen MR) is 82.6 cm³/mol. The highest BCUT2D eigenvalue weighted by atomic mass is 35.5. The van der Waals surface area contributed by atoms with E-state index in [4.69, 9.17) is 11.6 Å². The van der Waals surface area contributed by atoms with Gasteiger partial charge >= 0.3 is 0 Å². The van der Waals surface area contributed by atoms with Gasteiger partial charge in [-0.25, -0.2) is 0 Å². The van der Waals surface area contributed by atoms with E-state index in [-0.39, 0.29) is 16.5 Å². The molecule has 21 heavy (non-hydrogen) atoms. The lowest BCUT2D eigenvalue weighted by molar-refractivity contribution is -0.384. The molecule has 0 atom stereocenters. The van der Waals surface area contributed by atoms with Crippen molar-refractivity contribution in [1.29, 1.82) is 0 Å². The van der Waals surface area contributed by atoms with Crippen molar-refractivity contribution in [1.82, 2.24) is 0 Å². The van der Waals surface area contributed by atoms with E-state index in [9.17, 15) is 14.9 Å². The van der Waals surface area contributed by atoms with Crippen LogP contribution >= 0.6 is 11.6 Å². The summed E-state index contributed by atoms with van der Waals surface area (Å²) in [5.41, 5.74) is 2.01. The third kappa shape index (κ3) is 3.77. The molecule has 0 heterocycles. The van der Waals surface area contributed by atoms with Crippen LogP contribution in [0.5, 0.6) is 0 Å². The van der Waals surface area contributed by atoms with Gasteiger partial charge in [-0.15, -0.1) is 0 Å². The van der Waals surface area contributed by atoms with Gasteiger partial charge in [0, 0.05) is 11.6 Å². The van der Waals surface area contributed by atoms with Gasteiger partial charge in [-0.05, 0) is 24.6 Å². The Labute approximate surface area is 126 Å². The van der Waals surface area contributed by atoms with Crippen molar-refractivity contribution in [2.24, 2.45) is 0 Å². The summed E-state index contributed by atoms with van der Waals surface area (Å²) in [4.78, 5) is 22.2. The van der Waals surface area contributed by atoms with Crippen LogP contribution in [0.4, 0.5) is 5.69 Å². The van der Waals surface area contributed by atoms with Crippen molar-refractivity contribution < 1.29 is 9.72 Å². The number of rotatable bonds is 4. The number of hydrogen-bond acceptors (Lipinski definition) is 3. The van der Waals surface area contributed by atoms with Crippen LogP contribution in [-0.4, -0.2) is 10.7 Å². The van der Waals surface area contributed by atoms with Gasteiger partial charge in [-0.2, -0.15) is 0 Å². The first-order chi connectivity index (χ1) is 9.97. The van der Waals surface area contributed by atoms with Crippen LogP contribution < -0.4 is 0 Å². The third-order valence-electron chi connectivity index (χ3n) is 2.93. The van der Waals surface area contributed by atoms with Gasteiger partial charge in [0.2, 0.25) is 0 Å². The van der Waals surface area contributed by atoms with E-state index < -0.39 is 4.92 Å². The summed E-state index contributed by atoms with van der Waals surface area (Å²) in [5, 5.41) is 10.9. The maximum atomic E-state index is 12.0. The fourth-order valence-corrected chi connectivity index (χ4v) is 1.95. The fourth-order valence-electron chi connectivity index (χ4n) is 1.76. The van der Waals surface area contributed by atoms with E-state index in [0.29, 0.717) is 11.1 Å². The molecule has 0 aliphatic rings. The second-order valence-corrected chi connectivity index (χ2v) is 4.94. The number of ketones is 1. The van der Waals surface area contributed by atoms with E-state index in [1.165, 1.54) is 24.3 Å². The summed E-state index contributed by atoms with van der Waals surface area (Å²) < 4.78 is 0. The molecule has 0 radical (unpaired) electrons. The second kappa shape index (κ2) is 6.33. The number of benzene rings is 2. The molecule has 0 bridgehead atoms. The lowest BCUT2D eigenvalue weighted by Gasteiger charge is -1.98. The molecule has 0 spiro atoms. The maximum absolute atomic E-state index is 12.0. The van der Waals surface area contributed by atoms with Gasteiger partial charge in [0.25, 0.3) is 5.69 Å². The Bertz CT molecular complexity index is 721. The molecule has 4 nitrogen and oxygen atoms in total. The van der Waals surface area contributed by atoms with Crippen LogP contribution in [0.2, 0.25) is 5.02 Å². The molecule has 0 saturated heterocycles. The Morgan fingerprint density at radius 2 is 1.86 bits per heavy atom. The quantitative estimate of drug-likeness (QED) is 0.363. The molecule has 0 aliphatic heterocycles. The zero-order valence-corrected chi connectivity index (χ0v) is 12.0. The van der Waals surface area contributed by atoms with Crippen LogP contribution in [0.3, 0.4) is 0 Å². The summed E-state index contributed by atoms with van der Waals surface area (Å²) in [6, 6.07) is 11.6. The lowest BCUT2D eigenvalue weighted by atomic mass is 10.1. The minimum absolute atomic E-state index is 0.0713. The number of nitro groups is 1. The topological polar surface area (TPSA) is 60.2 Å². The average molecular weight is 302 g/mol.